The van der Waals surface area contributed by atoms with E-state index in [1.54, 1.807) is 0 Å². The first kappa shape index (κ1) is 14.5. The second-order valence-corrected chi connectivity index (χ2v) is 7.78. The van der Waals surface area contributed by atoms with Crippen molar-refractivity contribution in [3.63, 3.8) is 0 Å². The molecular weight excluding hydrogens is 308 g/mol. The van der Waals surface area contributed by atoms with Crippen molar-refractivity contribution in [2.75, 3.05) is 0 Å². The maximum absolute atomic E-state index is 10.4. The number of hydrogen-bond acceptors (Lipinski definition) is 3. The lowest BCUT2D eigenvalue weighted by atomic mass is 9.59. The van der Waals surface area contributed by atoms with Crippen molar-refractivity contribution >= 4 is 15.9 Å². The van der Waals surface area contributed by atoms with Gasteiger partial charge >= 0.3 is 0 Å². The van der Waals surface area contributed by atoms with E-state index in [0.717, 1.165) is 0 Å². The monoisotopic (exact) mass is 328 g/mol. The molecule has 2 rings (SSSR count). The molecule has 3 nitrogen and oxygen atoms in total. The molecule has 0 aromatic heterocycles. The van der Waals surface area contributed by atoms with Crippen LogP contribution in [0.2, 0.25) is 0 Å². The third-order valence-electron chi connectivity index (χ3n) is 5.74. The Hall–Kier alpha value is -0.900. The summed E-state index contributed by atoms with van der Waals surface area (Å²) in [6.07, 6.45) is 0. The summed E-state index contributed by atoms with van der Waals surface area (Å²) in [5, 5.41) is 30.7. The largest absolute Gasteiger partial charge is 0.506 e. The van der Waals surface area contributed by atoms with E-state index in [9.17, 15) is 15.3 Å². The van der Waals surface area contributed by atoms with Gasteiger partial charge in [0, 0.05) is 11.1 Å². The van der Waals surface area contributed by atoms with Gasteiger partial charge in [-0.1, -0.05) is 41.5 Å². The van der Waals surface area contributed by atoms with E-state index in [2.05, 4.69) is 43.6 Å². The minimum absolute atomic E-state index is 0.0222. The van der Waals surface area contributed by atoms with Crippen LogP contribution < -0.4 is 0 Å². The summed E-state index contributed by atoms with van der Waals surface area (Å²) in [4.78, 5) is 0. The van der Waals surface area contributed by atoms with Gasteiger partial charge in [0.25, 0.3) is 0 Å². The maximum atomic E-state index is 10.4. The highest BCUT2D eigenvalue weighted by molar-refractivity contribution is 9.10. The fraction of sp³-hybridized carbons (Fsp3) is 0.600. The smallest absolute Gasteiger partial charge is 0.176 e. The van der Waals surface area contributed by atoms with E-state index in [1.807, 2.05) is 13.8 Å². The van der Waals surface area contributed by atoms with Crippen molar-refractivity contribution in [2.45, 2.75) is 52.4 Å². The van der Waals surface area contributed by atoms with Crippen LogP contribution >= 0.6 is 15.9 Å². The molecule has 106 valence electrons. The predicted octanol–water partition coefficient (Wildman–Crippen LogP) is 4.16. The Labute approximate surface area is 122 Å². The minimum Gasteiger partial charge on any atom is -0.506 e. The van der Waals surface area contributed by atoms with Crippen molar-refractivity contribution < 1.29 is 15.3 Å². The lowest BCUT2D eigenvalue weighted by Crippen LogP contribution is -2.42. The standard InChI is InChI=1S/C15H21BrO3/c1-13(2)7-8(14(3,4)15(13,5)6)11(18)12(19)9(16)10(7)17/h17-19H,1-6H3. The van der Waals surface area contributed by atoms with Crippen LogP contribution in [0.3, 0.4) is 0 Å². The van der Waals surface area contributed by atoms with Crippen LogP contribution in [0.4, 0.5) is 0 Å². The van der Waals surface area contributed by atoms with Crippen molar-refractivity contribution in [3.05, 3.63) is 15.6 Å². The molecule has 0 aliphatic heterocycles. The van der Waals surface area contributed by atoms with Crippen LogP contribution in [0.5, 0.6) is 17.2 Å². The first-order chi connectivity index (χ1) is 8.39. The maximum Gasteiger partial charge on any atom is 0.176 e. The van der Waals surface area contributed by atoms with E-state index in [1.165, 1.54) is 0 Å². The average molecular weight is 329 g/mol. The van der Waals surface area contributed by atoms with Gasteiger partial charge in [0.15, 0.2) is 11.5 Å². The SMILES string of the molecule is CC1(C)c2c(O)c(O)c(Br)c(O)c2C(C)(C)C1(C)C. The van der Waals surface area contributed by atoms with Crippen LogP contribution in [0.15, 0.2) is 4.47 Å². The molecule has 1 aliphatic rings. The Morgan fingerprint density at radius 2 is 1.05 bits per heavy atom. The Morgan fingerprint density at radius 3 is 1.47 bits per heavy atom. The summed E-state index contributed by atoms with van der Waals surface area (Å²) in [6, 6.07) is 0. The summed E-state index contributed by atoms with van der Waals surface area (Å²) in [7, 11) is 0. The second-order valence-electron chi connectivity index (χ2n) is 6.98. The van der Waals surface area contributed by atoms with Crippen LogP contribution in [0, 0.1) is 5.41 Å². The molecule has 0 amide bonds. The quantitative estimate of drug-likeness (QED) is 0.495. The van der Waals surface area contributed by atoms with E-state index >= 15 is 0 Å². The van der Waals surface area contributed by atoms with Gasteiger partial charge in [-0.2, -0.15) is 0 Å². The topological polar surface area (TPSA) is 60.7 Å². The number of hydrogen-bond donors (Lipinski definition) is 3. The number of halogens is 1. The molecule has 0 unspecified atom stereocenters. The van der Waals surface area contributed by atoms with Crippen molar-refractivity contribution in [1.29, 1.82) is 0 Å². The summed E-state index contributed by atoms with van der Waals surface area (Å²) < 4.78 is 0.158. The number of fused-ring (bicyclic) bond motifs is 1. The molecule has 0 fully saturated rings. The summed E-state index contributed by atoms with van der Waals surface area (Å²) >= 11 is 3.15. The number of phenolic OH excluding ortho intramolecular Hbond substituents is 3. The van der Waals surface area contributed by atoms with Crippen molar-refractivity contribution in [3.8, 4) is 17.2 Å². The molecule has 0 saturated heterocycles. The Morgan fingerprint density at radius 1 is 0.684 bits per heavy atom. The zero-order chi connectivity index (χ0) is 15.0. The molecule has 0 bridgehead atoms. The van der Waals surface area contributed by atoms with Crippen LogP contribution in [-0.4, -0.2) is 15.3 Å². The lowest BCUT2D eigenvalue weighted by Gasteiger charge is -2.44. The van der Waals surface area contributed by atoms with E-state index < -0.39 is 0 Å². The second kappa shape index (κ2) is 3.60. The van der Waals surface area contributed by atoms with Crippen molar-refractivity contribution in [1.82, 2.24) is 0 Å². The molecule has 4 heteroatoms. The van der Waals surface area contributed by atoms with E-state index in [-0.39, 0.29) is 38.0 Å². The Kier molecular flexibility index (Phi) is 2.75. The molecule has 1 aromatic rings. The van der Waals surface area contributed by atoms with Gasteiger partial charge in [-0.15, -0.1) is 0 Å². The zero-order valence-corrected chi connectivity index (χ0v) is 13.8. The van der Waals surface area contributed by atoms with Gasteiger partial charge in [0.2, 0.25) is 0 Å². The van der Waals surface area contributed by atoms with Crippen LogP contribution in [0.1, 0.15) is 52.7 Å². The van der Waals surface area contributed by atoms with Gasteiger partial charge in [0.1, 0.15) is 10.2 Å². The van der Waals surface area contributed by atoms with Gasteiger partial charge in [-0.25, -0.2) is 0 Å². The highest BCUT2D eigenvalue weighted by Gasteiger charge is 2.60. The Bertz CT molecular complexity index is 522. The Balaban J connectivity index is 3.02. The average Bonchev–Trinajstić information content (AvgIpc) is 2.39. The predicted molar refractivity (Wildman–Crippen MR) is 79.0 cm³/mol. The molecule has 0 atom stereocenters. The molecule has 19 heavy (non-hydrogen) atoms. The first-order valence-corrected chi connectivity index (χ1v) is 7.15. The molecule has 0 heterocycles. The molecule has 0 saturated carbocycles. The van der Waals surface area contributed by atoms with Gasteiger partial charge in [-0.05, 0) is 32.2 Å². The fourth-order valence-electron chi connectivity index (χ4n) is 3.30. The van der Waals surface area contributed by atoms with Crippen LogP contribution in [0.25, 0.3) is 0 Å². The van der Waals surface area contributed by atoms with Gasteiger partial charge < -0.3 is 15.3 Å². The van der Waals surface area contributed by atoms with Crippen molar-refractivity contribution in [2.24, 2.45) is 5.41 Å². The van der Waals surface area contributed by atoms with E-state index in [0.29, 0.717) is 11.1 Å². The zero-order valence-electron chi connectivity index (χ0n) is 12.2. The normalized spacial score (nSPS) is 22.3. The first-order valence-electron chi connectivity index (χ1n) is 6.36. The number of rotatable bonds is 0. The molecule has 0 radical (unpaired) electrons. The summed E-state index contributed by atoms with van der Waals surface area (Å²) in [5.74, 6) is -0.407. The third-order valence-corrected chi connectivity index (χ3v) is 6.49. The van der Waals surface area contributed by atoms with Crippen LogP contribution in [-0.2, 0) is 10.8 Å². The molecule has 3 N–H and O–H groups in total. The minimum atomic E-state index is -0.369. The number of benzene rings is 1. The summed E-state index contributed by atoms with van der Waals surface area (Å²) in [5.41, 5.74) is 0.463. The fourth-order valence-corrected chi connectivity index (χ4v) is 3.69. The third kappa shape index (κ3) is 1.38. The highest BCUT2D eigenvalue weighted by atomic mass is 79.9. The molecular formula is C15H21BrO3. The molecule has 0 spiro atoms. The lowest BCUT2D eigenvalue weighted by molar-refractivity contribution is 0.122. The molecule has 1 aliphatic carbocycles. The number of aromatic hydroxyl groups is 3. The highest BCUT2D eigenvalue weighted by Crippen LogP contribution is 2.67. The number of phenols is 3. The molecule has 1 aromatic carbocycles. The van der Waals surface area contributed by atoms with Gasteiger partial charge in [0.05, 0.1) is 0 Å². The van der Waals surface area contributed by atoms with E-state index in [4.69, 9.17) is 0 Å². The summed E-state index contributed by atoms with van der Waals surface area (Å²) in [6.45, 7) is 12.4. The van der Waals surface area contributed by atoms with Gasteiger partial charge in [-0.3, -0.25) is 0 Å².